The maximum absolute atomic E-state index is 12.3. The van der Waals surface area contributed by atoms with Crippen LogP contribution in [-0.4, -0.2) is 28.6 Å². The lowest BCUT2D eigenvalue weighted by Gasteiger charge is -2.37. The molecule has 0 aliphatic heterocycles. The van der Waals surface area contributed by atoms with Gasteiger partial charge in [0.05, 0.1) is 0 Å². The molecule has 0 radical (unpaired) electrons. The molecule has 2 rings (SSSR count). The number of hydrogen-bond acceptors (Lipinski definition) is 3. The van der Waals surface area contributed by atoms with E-state index in [9.17, 15) is 14.7 Å². The lowest BCUT2D eigenvalue weighted by Crippen LogP contribution is -2.58. The Kier molecular flexibility index (Phi) is 5.06. The van der Waals surface area contributed by atoms with E-state index < -0.39 is 17.6 Å². The van der Waals surface area contributed by atoms with Crippen LogP contribution in [0, 0.1) is 5.92 Å². The smallest absolute Gasteiger partial charge is 0.329 e. The third-order valence-corrected chi connectivity index (χ3v) is 4.32. The van der Waals surface area contributed by atoms with E-state index in [4.69, 9.17) is 4.74 Å². The maximum Gasteiger partial charge on any atom is 0.329 e. The molecule has 0 aromatic heterocycles. The van der Waals surface area contributed by atoms with Crippen LogP contribution in [0.2, 0.25) is 0 Å². The number of ether oxygens (including phenoxy) is 1. The molecule has 1 aromatic carbocycles. The fraction of sp³-hybridized carbons (Fsp3) is 0.529. The van der Waals surface area contributed by atoms with Gasteiger partial charge in [-0.05, 0) is 50.7 Å². The van der Waals surface area contributed by atoms with Crippen molar-refractivity contribution in [2.75, 3.05) is 0 Å². The van der Waals surface area contributed by atoms with Gasteiger partial charge in [-0.3, -0.25) is 4.79 Å². The molecule has 1 aromatic rings. The van der Waals surface area contributed by atoms with Crippen LogP contribution < -0.4 is 10.1 Å². The topological polar surface area (TPSA) is 75.6 Å². The van der Waals surface area contributed by atoms with Crippen LogP contribution in [0.15, 0.2) is 30.3 Å². The number of benzene rings is 1. The summed E-state index contributed by atoms with van der Waals surface area (Å²) in [6.07, 6.45) is 1.81. The Morgan fingerprint density at radius 2 is 1.86 bits per heavy atom. The standard InChI is InChI=1S/C17H23NO4/c1-12-8-10-17(11-9-12,16(20)21)18-15(19)13(2)22-14-6-4-3-5-7-14/h3-7,12-13H,8-11H2,1-2H3,(H,18,19)(H,20,21). The van der Waals surface area contributed by atoms with Crippen molar-refractivity contribution in [2.45, 2.75) is 51.2 Å². The van der Waals surface area contributed by atoms with Crippen molar-refractivity contribution in [3.8, 4) is 5.75 Å². The van der Waals surface area contributed by atoms with E-state index in [0.717, 1.165) is 12.8 Å². The molecule has 2 N–H and O–H groups in total. The molecule has 5 nitrogen and oxygen atoms in total. The van der Waals surface area contributed by atoms with Crippen LogP contribution >= 0.6 is 0 Å². The number of para-hydroxylation sites is 1. The average molecular weight is 305 g/mol. The third kappa shape index (κ3) is 3.78. The molecule has 0 saturated heterocycles. The number of carboxylic acid groups (broad SMARTS) is 1. The second-order valence-corrected chi connectivity index (χ2v) is 6.13. The predicted octanol–water partition coefficient (Wildman–Crippen LogP) is 2.60. The molecule has 1 aliphatic carbocycles. The molecule has 5 heteroatoms. The van der Waals surface area contributed by atoms with Gasteiger partial charge in [0.25, 0.3) is 5.91 Å². The fourth-order valence-corrected chi connectivity index (χ4v) is 2.74. The van der Waals surface area contributed by atoms with E-state index in [2.05, 4.69) is 12.2 Å². The number of carbonyl (C=O) groups is 2. The van der Waals surface area contributed by atoms with E-state index in [0.29, 0.717) is 24.5 Å². The summed E-state index contributed by atoms with van der Waals surface area (Å²) in [5.41, 5.74) is -1.15. The first-order valence-electron chi connectivity index (χ1n) is 7.70. The summed E-state index contributed by atoms with van der Waals surface area (Å²) in [7, 11) is 0. The van der Waals surface area contributed by atoms with Crippen LogP contribution in [0.1, 0.15) is 39.5 Å². The zero-order chi connectivity index (χ0) is 16.2. The Labute approximate surface area is 130 Å². The van der Waals surface area contributed by atoms with Crippen LogP contribution in [0.4, 0.5) is 0 Å². The molecule has 1 unspecified atom stereocenters. The molecule has 22 heavy (non-hydrogen) atoms. The molecular formula is C17H23NO4. The highest BCUT2D eigenvalue weighted by molar-refractivity contribution is 5.89. The first kappa shape index (κ1) is 16.3. The quantitative estimate of drug-likeness (QED) is 0.877. The summed E-state index contributed by atoms with van der Waals surface area (Å²) in [4.78, 5) is 24.0. The predicted molar refractivity (Wildman–Crippen MR) is 82.7 cm³/mol. The summed E-state index contributed by atoms with van der Waals surface area (Å²) in [6, 6.07) is 9.03. The summed E-state index contributed by atoms with van der Waals surface area (Å²) in [5.74, 6) is -0.255. The Hall–Kier alpha value is -2.04. The zero-order valence-corrected chi connectivity index (χ0v) is 13.0. The second kappa shape index (κ2) is 6.81. The number of carboxylic acids is 1. The van der Waals surface area contributed by atoms with Gasteiger partial charge >= 0.3 is 5.97 Å². The van der Waals surface area contributed by atoms with E-state index in [1.807, 2.05) is 18.2 Å². The average Bonchev–Trinajstić information content (AvgIpc) is 2.50. The zero-order valence-electron chi connectivity index (χ0n) is 13.0. The fourth-order valence-electron chi connectivity index (χ4n) is 2.74. The van der Waals surface area contributed by atoms with Crippen molar-refractivity contribution < 1.29 is 19.4 Å². The molecule has 0 bridgehead atoms. The molecule has 120 valence electrons. The third-order valence-electron chi connectivity index (χ3n) is 4.32. The molecule has 1 fully saturated rings. The van der Waals surface area contributed by atoms with Crippen LogP contribution in [-0.2, 0) is 9.59 Å². The normalized spacial score (nSPS) is 26.0. The van der Waals surface area contributed by atoms with Crippen LogP contribution in [0.25, 0.3) is 0 Å². The maximum atomic E-state index is 12.3. The van der Waals surface area contributed by atoms with Crippen LogP contribution in [0.3, 0.4) is 0 Å². The molecular weight excluding hydrogens is 282 g/mol. The Morgan fingerprint density at radius 3 is 2.41 bits per heavy atom. The minimum absolute atomic E-state index is 0.388. The van der Waals surface area contributed by atoms with Crippen molar-refractivity contribution in [3.05, 3.63) is 30.3 Å². The van der Waals surface area contributed by atoms with Crippen molar-refractivity contribution >= 4 is 11.9 Å². The monoisotopic (exact) mass is 305 g/mol. The largest absolute Gasteiger partial charge is 0.481 e. The molecule has 0 spiro atoms. The molecule has 1 amide bonds. The van der Waals surface area contributed by atoms with Gasteiger partial charge in [0.15, 0.2) is 6.10 Å². The molecule has 1 saturated carbocycles. The SMILES string of the molecule is CC1CCC(NC(=O)C(C)Oc2ccccc2)(C(=O)O)CC1. The van der Waals surface area contributed by atoms with Crippen molar-refractivity contribution in [3.63, 3.8) is 0 Å². The number of aliphatic carboxylic acids is 1. The van der Waals surface area contributed by atoms with Gasteiger partial charge in [-0.1, -0.05) is 25.1 Å². The van der Waals surface area contributed by atoms with Gasteiger partial charge in [-0.15, -0.1) is 0 Å². The van der Waals surface area contributed by atoms with Crippen molar-refractivity contribution in [1.82, 2.24) is 5.32 Å². The summed E-state index contributed by atoms with van der Waals surface area (Å²) >= 11 is 0. The lowest BCUT2D eigenvalue weighted by molar-refractivity contribution is -0.150. The number of rotatable bonds is 5. The van der Waals surface area contributed by atoms with E-state index in [-0.39, 0.29) is 5.91 Å². The Balaban J connectivity index is 2.00. The van der Waals surface area contributed by atoms with Crippen LogP contribution in [0.5, 0.6) is 5.75 Å². The first-order valence-corrected chi connectivity index (χ1v) is 7.70. The van der Waals surface area contributed by atoms with Gasteiger partial charge in [0, 0.05) is 0 Å². The van der Waals surface area contributed by atoms with Gasteiger partial charge in [0.1, 0.15) is 11.3 Å². The highest BCUT2D eigenvalue weighted by Crippen LogP contribution is 2.32. The summed E-state index contributed by atoms with van der Waals surface area (Å²) < 4.78 is 5.56. The molecule has 1 aliphatic rings. The lowest BCUT2D eigenvalue weighted by atomic mass is 9.77. The van der Waals surface area contributed by atoms with E-state index in [1.165, 1.54) is 0 Å². The Bertz CT molecular complexity index is 521. The van der Waals surface area contributed by atoms with Gasteiger partial charge < -0.3 is 15.2 Å². The number of amides is 1. The van der Waals surface area contributed by atoms with Crippen molar-refractivity contribution in [2.24, 2.45) is 5.92 Å². The first-order chi connectivity index (χ1) is 10.4. The molecule has 1 atom stereocenters. The second-order valence-electron chi connectivity index (χ2n) is 6.13. The van der Waals surface area contributed by atoms with E-state index in [1.54, 1.807) is 19.1 Å². The summed E-state index contributed by atoms with van der Waals surface area (Å²) in [5, 5.41) is 12.2. The highest BCUT2D eigenvalue weighted by atomic mass is 16.5. The number of hydrogen-bond donors (Lipinski definition) is 2. The molecule has 0 heterocycles. The summed E-state index contributed by atoms with van der Waals surface area (Å²) in [6.45, 7) is 3.73. The van der Waals surface area contributed by atoms with E-state index >= 15 is 0 Å². The Morgan fingerprint density at radius 1 is 1.27 bits per heavy atom. The van der Waals surface area contributed by atoms with Gasteiger partial charge in [-0.25, -0.2) is 4.79 Å². The number of carbonyl (C=O) groups excluding carboxylic acids is 1. The number of nitrogens with one attached hydrogen (secondary N) is 1. The van der Waals surface area contributed by atoms with Gasteiger partial charge in [0.2, 0.25) is 0 Å². The minimum Gasteiger partial charge on any atom is -0.481 e. The highest BCUT2D eigenvalue weighted by Gasteiger charge is 2.43. The van der Waals surface area contributed by atoms with Gasteiger partial charge in [-0.2, -0.15) is 0 Å². The minimum atomic E-state index is -1.15. The van der Waals surface area contributed by atoms with Crippen molar-refractivity contribution in [1.29, 1.82) is 0 Å².